The molecule has 4 heteroatoms. The van der Waals surface area contributed by atoms with Gasteiger partial charge in [0.15, 0.2) is 5.13 Å². The summed E-state index contributed by atoms with van der Waals surface area (Å²) in [6, 6.07) is 0.606. The predicted molar refractivity (Wildman–Crippen MR) is 66.9 cm³/mol. The molecule has 0 radical (unpaired) electrons. The second-order valence-corrected chi connectivity index (χ2v) is 5.53. The largest absolute Gasteiger partial charge is 0.345 e. The van der Waals surface area contributed by atoms with Gasteiger partial charge in [-0.3, -0.25) is 0 Å². The molecule has 1 aromatic heterocycles. The van der Waals surface area contributed by atoms with E-state index in [2.05, 4.69) is 23.7 Å². The second-order valence-electron chi connectivity index (χ2n) is 4.31. The van der Waals surface area contributed by atoms with E-state index in [9.17, 15) is 0 Å². The molecule has 84 valence electrons. The topological polar surface area (TPSA) is 16.1 Å². The molecule has 2 atom stereocenters. The molecule has 1 saturated heterocycles. The van der Waals surface area contributed by atoms with E-state index < -0.39 is 0 Å². The van der Waals surface area contributed by atoms with Crippen molar-refractivity contribution in [3.8, 4) is 0 Å². The maximum Gasteiger partial charge on any atom is 0.186 e. The molecule has 0 saturated carbocycles. The highest BCUT2D eigenvalue weighted by molar-refractivity contribution is 7.14. The van der Waals surface area contributed by atoms with Crippen molar-refractivity contribution >= 4 is 28.1 Å². The number of anilines is 1. The zero-order valence-electron chi connectivity index (χ0n) is 9.24. The van der Waals surface area contributed by atoms with Crippen LogP contribution in [0.2, 0.25) is 5.15 Å². The zero-order chi connectivity index (χ0) is 10.8. The van der Waals surface area contributed by atoms with Gasteiger partial charge in [0, 0.05) is 18.0 Å². The summed E-state index contributed by atoms with van der Waals surface area (Å²) in [4.78, 5) is 6.77. The Morgan fingerprint density at radius 2 is 2.40 bits per heavy atom. The van der Waals surface area contributed by atoms with Gasteiger partial charge in [-0.25, -0.2) is 4.98 Å². The van der Waals surface area contributed by atoms with Gasteiger partial charge in [0.1, 0.15) is 5.15 Å². The fourth-order valence-corrected chi connectivity index (χ4v) is 3.22. The molecular formula is C11H17ClN2S. The SMILES string of the molecule is CC[C@@H]1CC[C@@H](C)N(c2nc(Cl)cs2)C1. The van der Waals surface area contributed by atoms with Gasteiger partial charge in [-0.1, -0.05) is 24.9 Å². The van der Waals surface area contributed by atoms with Gasteiger partial charge in [-0.05, 0) is 25.7 Å². The molecule has 2 rings (SSSR count). The smallest absolute Gasteiger partial charge is 0.186 e. The molecule has 2 heterocycles. The van der Waals surface area contributed by atoms with Crippen LogP contribution in [0.3, 0.4) is 0 Å². The summed E-state index contributed by atoms with van der Waals surface area (Å²) in [6.07, 6.45) is 3.89. The summed E-state index contributed by atoms with van der Waals surface area (Å²) in [5, 5.41) is 3.63. The summed E-state index contributed by atoms with van der Waals surface area (Å²) in [6.45, 7) is 5.69. The number of hydrogen-bond donors (Lipinski definition) is 0. The molecule has 0 spiro atoms. The highest BCUT2D eigenvalue weighted by Gasteiger charge is 2.26. The van der Waals surface area contributed by atoms with Crippen molar-refractivity contribution in [2.24, 2.45) is 5.92 Å². The number of nitrogens with zero attached hydrogens (tertiary/aromatic N) is 2. The van der Waals surface area contributed by atoms with Crippen LogP contribution >= 0.6 is 22.9 Å². The van der Waals surface area contributed by atoms with Gasteiger partial charge in [0.25, 0.3) is 0 Å². The van der Waals surface area contributed by atoms with E-state index >= 15 is 0 Å². The molecule has 0 bridgehead atoms. The molecule has 1 aliphatic rings. The van der Waals surface area contributed by atoms with Crippen molar-refractivity contribution in [3.63, 3.8) is 0 Å². The minimum absolute atomic E-state index is 0.606. The number of hydrogen-bond acceptors (Lipinski definition) is 3. The van der Waals surface area contributed by atoms with Gasteiger partial charge in [0.2, 0.25) is 0 Å². The van der Waals surface area contributed by atoms with Crippen molar-refractivity contribution in [1.29, 1.82) is 0 Å². The van der Waals surface area contributed by atoms with E-state index in [4.69, 9.17) is 11.6 Å². The summed E-state index contributed by atoms with van der Waals surface area (Å²) in [7, 11) is 0. The Bertz CT molecular complexity index is 326. The Kier molecular flexibility index (Phi) is 3.52. The maximum absolute atomic E-state index is 5.87. The Balaban J connectivity index is 2.12. The van der Waals surface area contributed by atoms with Crippen molar-refractivity contribution < 1.29 is 0 Å². The lowest BCUT2D eigenvalue weighted by molar-refractivity contribution is 0.359. The maximum atomic E-state index is 5.87. The number of halogens is 1. The normalized spacial score (nSPS) is 27.0. The van der Waals surface area contributed by atoms with Crippen LogP contribution in [0.5, 0.6) is 0 Å². The van der Waals surface area contributed by atoms with Gasteiger partial charge in [-0.15, -0.1) is 11.3 Å². The first kappa shape index (κ1) is 11.2. The average Bonchev–Trinajstić information content (AvgIpc) is 2.65. The lowest BCUT2D eigenvalue weighted by Gasteiger charge is -2.37. The molecule has 0 unspecified atom stereocenters. The molecule has 1 aliphatic heterocycles. The van der Waals surface area contributed by atoms with Crippen LogP contribution < -0.4 is 4.90 Å². The summed E-state index contributed by atoms with van der Waals surface area (Å²) in [5.41, 5.74) is 0. The van der Waals surface area contributed by atoms with Crippen LogP contribution in [-0.2, 0) is 0 Å². The van der Waals surface area contributed by atoms with Crippen molar-refractivity contribution in [2.45, 2.75) is 39.2 Å². The van der Waals surface area contributed by atoms with E-state index in [-0.39, 0.29) is 0 Å². The molecule has 1 fully saturated rings. The molecular weight excluding hydrogens is 228 g/mol. The van der Waals surface area contributed by atoms with Crippen LogP contribution in [0.1, 0.15) is 33.1 Å². The van der Waals surface area contributed by atoms with E-state index in [0.29, 0.717) is 11.2 Å². The number of thiazole rings is 1. The quantitative estimate of drug-likeness (QED) is 0.787. The second kappa shape index (κ2) is 4.71. The van der Waals surface area contributed by atoms with Crippen molar-refractivity contribution in [3.05, 3.63) is 10.5 Å². The number of aromatic nitrogens is 1. The summed E-state index contributed by atoms with van der Waals surface area (Å²) < 4.78 is 0. The third-order valence-electron chi connectivity index (χ3n) is 3.27. The summed E-state index contributed by atoms with van der Waals surface area (Å²) >= 11 is 7.53. The predicted octanol–water partition coefficient (Wildman–Crippen LogP) is 3.81. The lowest BCUT2D eigenvalue weighted by Crippen LogP contribution is -2.41. The van der Waals surface area contributed by atoms with Gasteiger partial charge < -0.3 is 4.90 Å². The van der Waals surface area contributed by atoms with Gasteiger partial charge >= 0.3 is 0 Å². The van der Waals surface area contributed by atoms with Crippen LogP contribution in [-0.4, -0.2) is 17.6 Å². The third kappa shape index (κ3) is 2.45. The fourth-order valence-electron chi connectivity index (χ4n) is 2.16. The fraction of sp³-hybridized carbons (Fsp3) is 0.727. The number of rotatable bonds is 2. The first-order chi connectivity index (χ1) is 7.20. The number of piperidine rings is 1. The Hall–Kier alpha value is -0.280. The summed E-state index contributed by atoms with van der Waals surface area (Å²) in [5.74, 6) is 0.823. The van der Waals surface area contributed by atoms with E-state index in [0.717, 1.165) is 17.6 Å². The molecule has 2 nitrogen and oxygen atoms in total. The first-order valence-electron chi connectivity index (χ1n) is 5.58. The molecule has 0 N–H and O–H groups in total. The van der Waals surface area contributed by atoms with Crippen LogP contribution in [0.4, 0.5) is 5.13 Å². The van der Waals surface area contributed by atoms with Crippen LogP contribution in [0.15, 0.2) is 5.38 Å². The average molecular weight is 245 g/mol. The van der Waals surface area contributed by atoms with Gasteiger partial charge in [0.05, 0.1) is 0 Å². The highest BCUT2D eigenvalue weighted by atomic mass is 35.5. The lowest BCUT2D eigenvalue weighted by atomic mass is 9.92. The van der Waals surface area contributed by atoms with Crippen LogP contribution in [0, 0.1) is 5.92 Å². The molecule has 1 aromatic rings. The van der Waals surface area contributed by atoms with Crippen molar-refractivity contribution in [2.75, 3.05) is 11.4 Å². The Morgan fingerprint density at radius 1 is 1.60 bits per heavy atom. The minimum atomic E-state index is 0.606. The van der Waals surface area contributed by atoms with Crippen molar-refractivity contribution in [1.82, 2.24) is 4.98 Å². The molecule has 0 amide bonds. The standard InChI is InChI=1S/C11H17ClN2S/c1-3-9-5-4-8(2)14(6-9)11-13-10(12)7-15-11/h7-9H,3-6H2,1-2H3/t8-,9-/m1/s1. The van der Waals surface area contributed by atoms with E-state index in [1.807, 2.05) is 5.38 Å². The Morgan fingerprint density at radius 3 is 3.00 bits per heavy atom. The van der Waals surface area contributed by atoms with Gasteiger partial charge in [-0.2, -0.15) is 0 Å². The minimum Gasteiger partial charge on any atom is -0.345 e. The molecule has 0 aromatic carbocycles. The van der Waals surface area contributed by atoms with E-state index in [1.165, 1.54) is 19.3 Å². The van der Waals surface area contributed by atoms with E-state index in [1.54, 1.807) is 11.3 Å². The van der Waals surface area contributed by atoms with Crippen LogP contribution in [0.25, 0.3) is 0 Å². The molecule has 0 aliphatic carbocycles. The molecule has 15 heavy (non-hydrogen) atoms. The monoisotopic (exact) mass is 244 g/mol. The highest BCUT2D eigenvalue weighted by Crippen LogP contribution is 2.31. The third-order valence-corrected chi connectivity index (χ3v) is 4.47. The first-order valence-corrected chi connectivity index (χ1v) is 6.84. The zero-order valence-corrected chi connectivity index (χ0v) is 10.8. The Labute approximate surface area is 100 Å².